The summed E-state index contributed by atoms with van der Waals surface area (Å²) < 4.78 is 52.3. The van der Waals surface area contributed by atoms with Crippen LogP contribution in [0.1, 0.15) is 13.3 Å². The van der Waals surface area contributed by atoms with Crippen LogP contribution in [-0.4, -0.2) is 49.0 Å². The van der Waals surface area contributed by atoms with Gasteiger partial charge in [-0.2, -0.15) is 13.1 Å². The maximum atomic E-state index is 11.0. The van der Waals surface area contributed by atoms with Crippen molar-refractivity contribution in [3.63, 3.8) is 0 Å². The number of nitrogens with one attached hydrogen (secondary N) is 2. The number of sulfonamides is 1. The number of halogens is 2. The van der Waals surface area contributed by atoms with E-state index in [4.69, 9.17) is 5.70 Å². The maximum absolute atomic E-state index is 11.0. The van der Waals surface area contributed by atoms with E-state index in [0.717, 1.165) is 18.9 Å². The zero-order valence-corrected chi connectivity index (χ0v) is 17.3. The predicted molar refractivity (Wildman–Crippen MR) is 84.9 cm³/mol. The van der Waals surface area contributed by atoms with Crippen LogP contribution >= 0.6 is 18.6 Å². The fourth-order valence-corrected chi connectivity index (χ4v) is 1.92. The fraction of sp³-hybridized carbons (Fsp3) is 0.750. The summed E-state index contributed by atoms with van der Waals surface area (Å²) in [6.07, 6.45) is 3.22. The van der Waals surface area contributed by atoms with E-state index in [2.05, 4.69) is 32.2 Å². The SMILES string of the molecule is C/C=C(/CCNS(C)(=O)=O)CNS(=O)(=O)OC.[B][I-]I. The molecule has 0 heterocycles. The molecular formula is C8H18BI2N2O5S2-. The molecule has 0 spiro atoms. The third kappa shape index (κ3) is 17.1. The molecule has 0 saturated heterocycles. The van der Waals surface area contributed by atoms with Crippen LogP contribution in [0.15, 0.2) is 11.6 Å². The monoisotopic (exact) mass is 551 g/mol. The summed E-state index contributed by atoms with van der Waals surface area (Å²) in [6, 6.07) is 0. The summed E-state index contributed by atoms with van der Waals surface area (Å²) >= 11 is 2.24. The van der Waals surface area contributed by atoms with E-state index in [1.165, 1.54) is 0 Å². The average molecular weight is 551 g/mol. The minimum atomic E-state index is -3.71. The molecule has 120 valence electrons. The summed E-state index contributed by atoms with van der Waals surface area (Å²) in [6.45, 7) is 2.07. The molecule has 0 atom stereocenters. The number of rotatable bonds is 8. The topological polar surface area (TPSA) is 102 Å². The van der Waals surface area contributed by atoms with Crippen LogP contribution in [0.2, 0.25) is 0 Å². The van der Waals surface area contributed by atoms with Crippen molar-refractivity contribution in [3.05, 3.63) is 11.6 Å². The summed E-state index contributed by atoms with van der Waals surface area (Å²) in [5.41, 5.74) is 5.71. The molecule has 2 radical (unpaired) electrons. The van der Waals surface area contributed by atoms with Gasteiger partial charge in [0.2, 0.25) is 10.0 Å². The van der Waals surface area contributed by atoms with Gasteiger partial charge in [-0.3, -0.25) is 4.18 Å². The van der Waals surface area contributed by atoms with Gasteiger partial charge in [-0.25, -0.2) is 13.1 Å². The van der Waals surface area contributed by atoms with Crippen LogP contribution in [-0.2, 0) is 24.5 Å². The van der Waals surface area contributed by atoms with Crippen molar-refractivity contribution >= 4 is 44.6 Å². The van der Waals surface area contributed by atoms with Crippen LogP contribution < -0.4 is 26.5 Å². The Hall–Kier alpha value is 1.04. The van der Waals surface area contributed by atoms with Gasteiger partial charge in [-0.05, 0) is 13.3 Å². The third-order valence-electron chi connectivity index (χ3n) is 1.91. The molecule has 0 aromatic rings. The molecule has 2 N–H and O–H groups in total. The predicted octanol–water partition coefficient (Wildman–Crippen LogP) is -3.14. The van der Waals surface area contributed by atoms with Gasteiger partial charge in [0.15, 0.2) is 0 Å². The third-order valence-corrected chi connectivity index (χ3v) is 3.58. The number of hydrogen-bond acceptors (Lipinski definition) is 5. The second kappa shape index (κ2) is 12.6. The van der Waals surface area contributed by atoms with Gasteiger partial charge >= 0.3 is 51.6 Å². The molecule has 0 aliphatic carbocycles. The first kappa shape index (κ1) is 23.3. The van der Waals surface area contributed by atoms with Gasteiger partial charge in [-0.15, -0.1) is 0 Å². The van der Waals surface area contributed by atoms with Crippen LogP contribution in [0.25, 0.3) is 0 Å². The second-order valence-corrected chi connectivity index (χ2v) is 10.4. The van der Waals surface area contributed by atoms with Crippen LogP contribution in [0.5, 0.6) is 0 Å². The second-order valence-electron chi connectivity index (χ2n) is 3.39. The van der Waals surface area contributed by atoms with Crippen molar-refractivity contribution in [2.24, 2.45) is 0 Å². The molecule has 0 aliphatic heterocycles. The van der Waals surface area contributed by atoms with Gasteiger partial charge in [0, 0.05) is 13.1 Å². The quantitative estimate of drug-likeness (QED) is 0.189. The fourth-order valence-electron chi connectivity index (χ4n) is 0.972. The Kier molecular flexibility index (Phi) is 14.7. The van der Waals surface area contributed by atoms with Crippen LogP contribution in [0.4, 0.5) is 0 Å². The molecule has 0 aromatic heterocycles. The van der Waals surface area contributed by atoms with Crippen molar-refractivity contribution in [3.8, 4) is 0 Å². The van der Waals surface area contributed by atoms with E-state index < -0.39 is 20.3 Å². The van der Waals surface area contributed by atoms with E-state index in [0.29, 0.717) is 6.42 Å². The molecule has 7 nitrogen and oxygen atoms in total. The molecule has 12 heteroatoms. The zero-order chi connectivity index (χ0) is 16.2. The van der Waals surface area contributed by atoms with Crippen molar-refractivity contribution in [2.45, 2.75) is 13.3 Å². The molecule has 20 heavy (non-hydrogen) atoms. The van der Waals surface area contributed by atoms with Gasteiger partial charge in [0.25, 0.3) is 0 Å². The van der Waals surface area contributed by atoms with Gasteiger partial charge in [0.1, 0.15) is 0 Å². The van der Waals surface area contributed by atoms with Crippen LogP contribution in [0.3, 0.4) is 0 Å². The number of allylic oxidation sites excluding steroid dienone is 1. The van der Waals surface area contributed by atoms with Crippen molar-refractivity contribution in [1.29, 1.82) is 0 Å². The zero-order valence-electron chi connectivity index (χ0n) is 11.4. The molecule has 0 aromatic carbocycles. The normalized spacial score (nSPS) is 12.9. The summed E-state index contributed by atoms with van der Waals surface area (Å²) in [5, 5.41) is 0. The first-order valence-corrected chi connectivity index (χ1v) is 16.0. The van der Waals surface area contributed by atoms with Crippen molar-refractivity contribution in [2.75, 3.05) is 26.5 Å². The molecule has 0 aliphatic rings. The Morgan fingerprint density at radius 3 is 2.20 bits per heavy atom. The Balaban J connectivity index is 0. The first-order chi connectivity index (χ1) is 9.11. The van der Waals surface area contributed by atoms with Crippen molar-refractivity contribution in [1.82, 2.24) is 9.44 Å². The minimum absolute atomic E-state index is 0.0600. The average Bonchev–Trinajstić information content (AvgIpc) is 2.33. The van der Waals surface area contributed by atoms with E-state index in [9.17, 15) is 16.8 Å². The molecule has 0 rings (SSSR count). The summed E-state index contributed by atoms with van der Waals surface area (Å²) in [7, 11) is -5.87. The Morgan fingerprint density at radius 1 is 1.35 bits per heavy atom. The van der Waals surface area contributed by atoms with Gasteiger partial charge < -0.3 is 0 Å². The molecule has 0 fully saturated rings. The number of hydrogen-bond donors (Lipinski definition) is 2. The van der Waals surface area contributed by atoms with Crippen molar-refractivity contribution < 1.29 is 38.0 Å². The Morgan fingerprint density at radius 2 is 1.85 bits per heavy atom. The Bertz CT molecular complexity index is 481. The van der Waals surface area contributed by atoms with E-state index in [-0.39, 0.29) is 30.1 Å². The van der Waals surface area contributed by atoms with E-state index >= 15 is 0 Å². The molecule has 0 bridgehead atoms. The van der Waals surface area contributed by atoms with E-state index in [1.807, 2.05) is 0 Å². The van der Waals surface area contributed by atoms with E-state index in [1.54, 1.807) is 13.0 Å². The standard InChI is InChI=1S/C8H18N2O5S2.BI2/c1-4-8(5-6-9-16(3,11)12)7-10-17(13,14)15-2;1-3-2/h4,9-10H,5-7H2,1-3H3;/q;-1/b8-4-;. The molecule has 0 amide bonds. The first-order valence-electron chi connectivity index (χ1n) is 5.20. The molecule has 0 saturated carbocycles. The van der Waals surface area contributed by atoms with Gasteiger partial charge in [0.05, 0.1) is 13.4 Å². The summed E-state index contributed by atoms with van der Waals surface area (Å²) in [4.78, 5) is 0. The van der Waals surface area contributed by atoms with Crippen LogP contribution in [0, 0.1) is 0 Å². The Labute approximate surface area is 142 Å². The summed E-state index contributed by atoms with van der Waals surface area (Å²) in [5.74, 6) is 0. The molecular weight excluding hydrogens is 533 g/mol. The molecule has 0 unspecified atom stereocenters. The van der Waals surface area contributed by atoms with Gasteiger partial charge in [-0.1, -0.05) is 11.6 Å².